The Hall–Kier alpha value is -2.42. The molecule has 0 unspecified atom stereocenters. The Morgan fingerprint density at radius 3 is 2.41 bits per heavy atom. The Morgan fingerprint density at radius 1 is 1.16 bits per heavy atom. The minimum atomic E-state index is -3.87. The van der Waals surface area contributed by atoms with Gasteiger partial charge in [0.05, 0.1) is 15.6 Å². The molecule has 1 aliphatic heterocycles. The standard InChI is InChI=1S/C23H28ClN3O4S/c1-15(2)13-20(26-32(30,31)18-9-6-16(3)7-10-18)23(29)25-17-8-11-21(19(24)14-17)27-12-4-5-22(27)28/h6-11,14-15,20,26H,4-5,12-13H2,1-3H3,(H,25,29)/t20-/m1/s1. The number of anilines is 2. The van der Waals surface area contributed by atoms with Crippen molar-refractivity contribution in [2.75, 3.05) is 16.8 Å². The van der Waals surface area contributed by atoms with Crippen LogP contribution >= 0.6 is 11.6 Å². The molecule has 1 fully saturated rings. The molecule has 1 atom stereocenters. The molecule has 2 N–H and O–H groups in total. The van der Waals surface area contributed by atoms with Crippen molar-refractivity contribution >= 4 is 44.8 Å². The van der Waals surface area contributed by atoms with Gasteiger partial charge in [-0.25, -0.2) is 8.42 Å². The van der Waals surface area contributed by atoms with E-state index >= 15 is 0 Å². The van der Waals surface area contributed by atoms with Crippen molar-refractivity contribution in [3.63, 3.8) is 0 Å². The van der Waals surface area contributed by atoms with Crippen LogP contribution in [-0.2, 0) is 19.6 Å². The molecule has 172 valence electrons. The number of carbonyl (C=O) groups is 2. The van der Waals surface area contributed by atoms with Gasteiger partial charge >= 0.3 is 0 Å². The molecule has 1 heterocycles. The minimum absolute atomic E-state index is 0.0196. The highest BCUT2D eigenvalue weighted by Gasteiger charge is 2.27. The zero-order valence-electron chi connectivity index (χ0n) is 18.4. The van der Waals surface area contributed by atoms with Crippen molar-refractivity contribution in [3.05, 3.63) is 53.1 Å². The molecule has 0 spiro atoms. The molecule has 0 saturated carbocycles. The average molecular weight is 478 g/mol. The van der Waals surface area contributed by atoms with E-state index in [0.29, 0.717) is 35.8 Å². The van der Waals surface area contributed by atoms with Gasteiger partial charge in [0.1, 0.15) is 6.04 Å². The highest BCUT2D eigenvalue weighted by molar-refractivity contribution is 7.89. The number of benzene rings is 2. The molecule has 2 aromatic carbocycles. The van der Waals surface area contributed by atoms with Gasteiger partial charge in [0.25, 0.3) is 0 Å². The molecule has 2 aromatic rings. The lowest BCUT2D eigenvalue weighted by molar-refractivity contribution is -0.118. The molecule has 0 bridgehead atoms. The Kier molecular flexibility index (Phi) is 7.59. The van der Waals surface area contributed by atoms with Gasteiger partial charge in [-0.15, -0.1) is 0 Å². The zero-order valence-corrected chi connectivity index (χ0v) is 20.0. The summed E-state index contributed by atoms with van der Waals surface area (Å²) >= 11 is 6.36. The highest BCUT2D eigenvalue weighted by Crippen LogP contribution is 2.31. The van der Waals surface area contributed by atoms with Gasteiger partial charge in [0.2, 0.25) is 21.8 Å². The third kappa shape index (κ3) is 5.88. The number of rotatable bonds is 8. The highest BCUT2D eigenvalue weighted by atomic mass is 35.5. The first kappa shape index (κ1) is 24.2. The lowest BCUT2D eigenvalue weighted by Crippen LogP contribution is -2.44. The summed E-state index contributed by atoms with van der Waals surface area (Å²) in [4.78, 5) is 26.7. The lowest BCUT2D eigenvalue weighted by atomic mass is 10.0. The summed E-state index contributed by atoms with van der Waals surface area (Å²) in [5.74, 6) is -0.375. The quantitative estimate of drug-likeness (QED) is 0.598. The zero-order chi connectivity index (χ0) is 23.5. The summed E-state index contributed by atoms with van der Waals surface area (Å²) in [5, 5.41) is 3.09. The van der Waals surface area contributed by atoms with Crippen LogP contribution in [0.15, 0.2) is 47.4 Å². The van der Waals surface area contributed by atoms with Crippen molar-refractivity contribution in [2.24, 2.45) is 5.92 Å². The summed E-state index contributed by atoms with van der Waals surface area (Å²) in [7, 11) is -3.87. The van der Waals surface area contributed by atoms with Crippen molar-refractivity contribution in [1.29, 1.82) is 0 Å². The third-order valence-corrected chi connectivity index (χ3v) is 7.02. The van der Waals surface area contributed by atoms with Crippen molar-refractivity contribution < 1.29 is 18.0 Å². The number of hydrogen-bond donors (Lipinski definition) is 2. The van der Waals surface area contributed by atoms with Crippen molar-refractivity contribution in [3.8, 4) is 0 Å². The van der Waals surface area contributed by atoms with E-state index in [4.69, 9.17) is 11.6 Å². The number of aryl methyl sites for hydroxylation is 1. The predicted octanol–water partition coefficient (Wildman–Crippen LogP) is 4.11. The number of sulfonamides is 1. The van der Waals surface area contributed by atoms with Crippen molar-refractivity contribution in [2.45, 2.75) is 51.0 Å². The van der Waals surface area contributed by atoms with E-state index in [0.717, 1.165) is 12.0 Å². The minimum Gasteiger partial charge on any atom is -0.325 e. The van der Waals surface area contributed by atoms with Gasteiger partial charge < -0.3 is 10.2 Å². The number of nitrogens with zero attached hydrogens (tertiary/aromatic N) is 1. The Morgan fingerprint density at radius 2 is 1.84 bits per heavy atom. The summed E-state index contributed by atoms with van der Waals surface area (Å²) in [6, 6.07) is 10.4. The topological polar surface area (TPSA) is 95.6 Å². The maximum Gasteiger partial charge on any atom is 0.242 e. The fraction of sp³-hybridized carbons (Fsp3) is 0.391. The van der Waals surface area contributed by atoms with E-state index in [2.05, 4.69) is 10.0 Å². The predicted molar refractivity (Wildman–Crippen MR) is 126 cm³/mol. The molecule has 0 aromatic heterocycles. The monoisotopic (exact) mass is 477 g/mol. The molecule has 0 radical (unpaired) electrons. The number of amides is 2. The summed E-state index contributed by atoms with van der Waals surface area (Å²) < 4.78 is 28.2. The molecular formula is C23H28ClN3O4S. The van der Waals surface area contributed by atoms with Gasteiger partial charge in [0, 0.05) is 18.7 Å². The largest absolute Gasteiger partial charge is 0.325 e. The second-order valence-electron chi connectivity index (χ2n) is 8.42. The van der Waals surface area contributed by atoms with E-state index < -0.39 is 22.0 Å². The van der Waals surface area contributed by atoms with Gasteiger partial charge in [-0.2, -0.15) is 4.72 Å². The Balaban J connectivity index is 1.76. The van der Waals surface area contributed by atoms with Crippen LogP contribution in [0.3, 0.4) is 0 Å². The van der Waals surface area contributed by atoms with E-state index in [9.17, 15) is 18.0 Å². The fourth-order valence-electron chi connectivity index (χ4n) is 3.59. The molecule has 0 aliphatic carbocycles. The molecule has 1 saturated heterocycles. The maximum absolute atomic E-state index is 13.0. The smallest absolute Gasteiger partial charge is 0.242 e. The van der Waals surface area contributed by atoms with Gasteiger partial charge in [-0.1, -0.05) is 43.1 Å². The summed E-state index contributed by atoms with van der Waals surface area (Å²) in [5.41, 5.74) is 1.97. The van der Waals surface area contributed by atoms with E-state index in [1.54, 1.807) is 35.2 Å². The summed E-state index contributed by atoms with van der Waals surface area (Å²) in [6.07, 6.45) is 1.60. The number of halogens is 1. The van der Waals surface area contributed by atoms with Gasteiger partial charge in [-0.05, 0) is 56.0 Å². The van der Waals surface area contributed by atoms with E-state index in [-0.39, 0.29) is 16.7 Å². The summed E-state index contributed by atoms with van der Waals surface area (Å²) in [6.45, 7) is 6.31. The molecule has 3 rings (SSSR count). The Labute approximate surface area is 194 Å². The first-order chi connectivity index (χ1) is 15.1. The van der Waals surface area contributed by atoms with Crippen LogP contribution < -0.4 is 14.9 Å². The maximum atomic E-state index is 13.0. The normalized spacial score (nSPS) is 15.3. The average Bonchev–Trinajstić information content (AvgIpc) is 3.13. The molecule has 32 heavy (non-hydrogen) atoms. The second kappa shape index (κ2) is 10.0. The molecule has 7 nitrogen and oxygen atoms in total. The first-order valence-electron chi connectivity index (χ1n) is 10.6. The van der Waals surface area contributed by atoms with Crippen LogP contribution in [0, 0.1) is 12.8 Å². The molecule has 2 amide bonds. The lowest BCUT2D eigenvalue weighted by Gasteiger charge is -2.21. The molecule has 9 heteroatoms. The van der Waals surface area contributed by atoms with Crippen LogP contribution in [0.25, 0.3) is 0 Å². The third-order valence-electron chi connectivity index (χ3n) is 5.23. The molecule has 1 aliphatic rings. The van der Waals surface area contributed by atoms with Crippen LogP contribution in [0.2, 0.25) is 5.02 Å². The Bertz CT molecular complexity index is 1100. The number of nitrogens with one attached hydrogen (secondary N) is 2. The van der Waals surface area contributed by atoms with Crippen LogP contribution in [0.5, 0.6) is 0 Å². The number of hydrogen-bond acceptors (Lipinski definition) is 4. The second-order valence-corrected chi connectivity index (χ2v) is 10.5. The van der Waals surface area contributed by atoms with E-state index in [1.165, 1.54) is 12.1 Å². The van der Waals surface area contributed by atoms with Crippen LogP contribution in [0.1, 0.15) is 38.7 Å². The van der Waals surface area contributed by atoms with Crippen molar-refractivity contribution in [1.82, 2.24) is 4.72 Å². The SMILES string of the molecule is Cc1ccc(S(=O)(=O)N[C@H](CC(C)C)C(=O)Nc2ccc(N3CCCC3=O)c(Cl)c2)cc1. The van der Waals surface area contributed by atoms with Crippen LogP contribution in [0.4, 0.5) is 11.4 Å². The van der Waals surface area contributed by atoms with E-state index in [1.807, 2.05) is 20.8 Å². The number of carbonyl (C=O) groups excluding carboxylic acids is 2. The van der Waals surface area contributed by atoms with Crippen LogP contribution in [-0.4, -0.2) is 32.8 Å². The molecular weight excluding hydrogens is 450 g/mol. The van der Waals surface area contributed by atoms with Gasteiger partial charge in [0.15, 0.2) is 0 Å². The first-order valence-corrected chi connectivity index (χ1v) is 12.4. The van der Waals surface area contributed by atoms with Gasteiger partial charge in [-0.3, -0.25) is 9.59 Å². The fourth-order valence-corrected chi connectivity index (χ4v) is 5.08.